The van der Waals surface area contributed by atoms with Gasteiger partial charge in [0, 0.05) is 6.54 Å². The molecule has 0 radical (unpaired) electrons. The molecule has 0 aliphatic rings. The number of amides is 1. The predicted molar refractivity (Wildman–Crippen MR) is 67.7 cm³/mol. The molecule has 0 aliphatic carbocycles. The quantitative estimate of drug-likeness (QED) is 0.821. The van der Waals surface area contributed by atoms with E-state index in [-0.39, 0.29) is 10.8 Å². The first-order chi connectivity index (χ1) is 8.08. The Morgan fingerprint density at radius 1 is 1.29 bits per heavy atom. The summed E-state index contributed by atoms with van der Waals surface area (Å²) in [5.74, 6) is -0.693. The first-order valence-electron chi connectivity index (χ1n) is 5.69. The number of carbonyl (C=O) groups excluding carboxylic acids is 1. The number of nitrogens with one attached hydrogen (secondary N) is 1. The van der Waals surface area contributed by atoms with Gasteiger partial charge in [-0.05, 0) is 18.1 Å². The molecular formula is C12H17NO3S. The fourth-order valence-electron chi connectivity index (χ4n) is 1.48. The molecule has 2 N–H and O–H groups in total. The molecule has 0 saturated heterocycles. The lowest BCUT2D eigenvalue weighted by atomic mass is 10.0. The minimum atomic E-state index is -0.992. The van der Waals surface area contributed by atoms with Crippen molar-refractivity contribution in [2.24, 2.45) is 5.92 Å². The van der Waals surface area contributed by atoms with Crippen molar-refractivity contribution in [1.82, 2.24) is 5.32 Å². The SMILES string of the molecule is CCC(CC)CNC(=O)c1ccc(C(=O)O)s1. The first kappa shape index (κ1) is 13.7. The zero-order chi connectivity index (χ0) is 12.8. The Hall–Kier alpha value is -1.36. The third-order valence-electron chi connectivity index (χ3n) is 2.75. The zero-order valence-electron chi connectivity index (χ0n) is 10.0. The van der Waals surface area contributed by atoms with Gasteiger partial charge in [-0.15, -0.1) is 11.3 Å². The van der Waals surface area contributed by atoms with Gasteiger partial charge in [-0.25, -0.2) is 4.79 Å². The lowest BCUT2D eigenvalue weighted by Gasteiger charge is -2.12. The smallest absolute Gasteiger partial charge is 0.345 e. The van der Waals surface area contributed by atoms with Gasteiger partial charge in [0.1, 0.15) is 4.88 Å². The van der Waals surface area contributed by atoms with Crippen LogP contribution in [0.1, 0.15) is 46.0 Å². The van der Waals surface area contributed by atoms with Crippen LogP contribution in [0.3, 0.4) is 0 Å². The zero-order valence-corrected chi connectivity index (χ0v) is 10.8. The third-order valence-corrected chi connectivity index (χ3v) is 3.82. The van der Waals surface area contributed by atoms with Crippen LogP contribution in [0.15, 0.2) is 12.1 Å². The molecule has 4 nitrogen and oxygen atoms in total. The Morgan fingerprint density at radius 2 is 1.88 bits per heavy atom. The summed E-state index contributed by atoms with van der Waals surface area (Å²) in [4.78, 5) is 23.0. The third kappa shape index (κ3) is 3.85. The maximum Gasteiger partial charge on any atom is 0.345 e. The molecule has 0 bridgehead atoms. The van der Waals surface area contributed by atoms with Gasteiger partial charge in [-0.2, -0.15) is 0 Å². The number of carbonyl (C=O) groups is 2. The normalized spacial score (nSPS) is 10.5. The molecule has 1 rings (SSSR count). The van der Waals surface area contributed by atoms with Crippen LogP contribution in [-0.2, 0) is 0 Å². The highest BCUT2D eigenvalue weighted by atomic mass is 32.1. The molecule has 1 heterocycles. The summed E-state index contributed by atoms with van der Waals surface area (Å²) in [6, 6.07) is 3.01. The highest BCUT2D eigenvalue weighted by Crippen LogP contribution is 2.16. The van der Waals surface area contributed by atoms with Crippen molar-refractivity contribution in [3.05, 3.63) is 21.9 Å². The van der Waals surface area contributed by atoms with E-state index < -0.39 is 5.97 Å². The summed E-state index contributed by atoms with van der Waals surface area (Å²) in [5.41, 5.74) is 0. The highest BCUT2D eigenvalue weighted by molar-refractivity contribution is 7.15. The Labute approximate surface area is 105 Å². The van der Waals surface area contributed by atoms with Gasteiger partial charge in [0.15, 0.2) is 0 Å². The van der Waals surface area contributed by atoms with Crippen LogP contribution in [-0.4, -0.2) is 23.5 Å². The van der Waals surface area contributed by atoms with Gasteiger partial charge in [-0.3, -0.25) is 4.79 Å². The van der Waals surface area contributed by atoms with E-state index in [1.165, 1.54) is 6.07 Å². The van der Waals surface area contributed by atoms with Crippen LogP contribution in [0, 0.1) is 5.92 Å². The van der Waals surface area contributed by atoms with Gasteiger partial charge >= 0.3 is 5.97 Å². The van der Waals surface area contributed by atoms with Crippen LogP contribution in [0.4, 0.5) is 0 Å². The second-order valence-electron chi connectivity index (χ2n) is 3.86. The molecule has 1 amide bonds. The van der Waals surface area contributed by atoms with Crippen LogP contribution in [0.2, 0.25) is 0 Å². The average Bonchev–Trinajstić information content (AvgIpc) is 2.79. The highest BCUT2D eigenvalue weighted by Gasteiger charge is 2.13. The first-order valence-corrected chi connectivity index (χ1v) is 6.51. The maximum absolute atomic E-state index is 11.7. The van der Waals surface area contributed by atoms with Crippen molar-refractivity contribution in [2.75, 3.05) is 6.54 Å². The number of aromatic carboxylic acids is 1. The van der Waals surface area contributed by atoms with Crippen molar-refractivity contribution in [2.45, 2.75) is 26.7 Å². The van der Waals surface area contributed by atoms with Gasteiger partial charge in [0.2, 0.25) is 0 Å². The Kier molecular flexibility index (Phi) is 5.15. The van der Waals surface area contributed by atoms with Crippen molar-refractivity contribution in [3.8, 4) is 0 Å². The molecule has 0 saturated carbocycles. The van der Waals surface area contributed by atoms with E-state index in [1.807, 2.05) is 0 Å². The van der Waals surface area contributed by atoms with Crippen LogP contribution in [0.25, 0.3) is 0 Å². The van der Waals surface area contributed by atoms with Crippen molar-refractivity contribution in [3.63, 3.8) is 0 Å². The summed E-state index contributed by atoms with van der Waals surface area (Å²) in [7, 11) is 0. The lowest BCUT2D eigenvalue weighted by Crippen LogP contribution is -2.28. The van der Waals surface area contributed by atoms with E-state index in [0.29, 0.717) is 17.3 Å². The number of hydrogen-bond donors (Lipinski definition) is 2. The molecule has 1 aromatic rings. The van der Waals surface area contributed by atoms with E-state index in [9.17, 15) is 9.59 Å². The molecule has 94 valence electrons. The van der Waals surface area contributed by atoms with E-state index in [0.717, 1.165) is 24.2 Å². The van der Waals surface area contributed by atoms with Gasteiger partial charge < -0.3 is 10.4 Å². The number of hydrogen-bond acceptors (Lipinski definition) is 3. The lowest BCUT2D eigenvalue weighted by molar-refractivity contribution is 0.0702. The fourth-order valence-corrected chi connectivity index (χ4v) is 2.24. The van der Waals surface area contributed by atoms with Crippen LogP contribution in [0.5, 0.6) is 0 Å². The molecular weight excluding hydrogens is 238 g/mol. The second-order valence-corrected chi connectivity index (χ2v) is 4.95. The minimum Gasteiger partial charge on any atom is -0.477 e. The number of thiophene rings is 1. The summed E-state index contributed by atoms with van der Waals surface area (Å²) in [5, 5.41) is 11.6. The second kappa shape index (κ2) is 6.39. The Balaban J connectivity index is 2.54. The predicted octanol–water partition coefficient (Wildman–Crippen LogP) is 2.61. The summed E-state index contributed by atoms with van der Waals surface area (Å²) >= 11 is 1.00. The maximum atomic E-state index is 11.7. The Bertz CT molecular complexity index is 396. The number of carboxylic acids is 1. The standard InChI is InChI=1S/C12H17NO3S/c1-3-8(4-2)7-13-11(14)9-5-6-10(17-9)12(15)16/h5-6,8H,3-4,7H2,1-2H3,(H,13,14)(H,15,16). The van der Waals surface area contributed by atoms with Gasteiger partial charge in [0.25, 0.3) is 5.91 Å². The van der Waals surface area contributed by atoms with Crippen molar-refractivity contribution < 1.29 is 14.7 Å². The topological polar surface area (TPSA) is 66.4 Å². The van der Waals surface area contributed by atoms with Gasteiger partial charge in [-0.1, -0.05) is 26.7 Å². The van der Waals surface area contributed by atoms with E-state index >= 15 is 0 Å². The number of rotatable bonds is 6. The fraction of sp³-hybridized carbons (Fsp3) is 0.500. The van der Waals surface area contributed by atoms with Crippen LogP contribution >= 0.6 is 11.3 Å². The Morgan fingerprint density at radius 3 is 2.35 bits per heavy atom. The van der Waals surface area contributed by atoms with E-state index in [4.69, 9.17) is 5.11 Å². The molecule has 0 aromatic carbocycles. The van der Waals surface area contributed by atoms with E-state index in [1.54, 1.807) is 6.07 Å². The number of carboxylic acid groups (broad SMARTS) is 1. The summed E-state index contributed by atoms with van der Waals surface area (Å²) in [6.45, 7) is 4.83. The molecule has 0 aliphatic heterocycles. The molecule has 0 atom stereocenters. The van der Waals surface area contributed by atoms with Gasteiger partial charge in [0.05, 0.1) is 4.88 Å². The average molecular weight is 255 g/mol. The molecule has 0 fully saturated rings. The van der Waals surface area contributed by atoms with Crippen molar-refractivity contribution in [1.29, 1.82) is 0 Å². The molecule has 0 unspecified atom stereocenters. The van der Waals surface area contributed by atoms with Crippen molar-refractivity contribution >= 4 is 23.2 Å². The molecule has 5 heteroatoms. The molecule has 0 spiro atoms. The molecule has 17 heavy (non-hydrogen) atoms. The summed E-state index contributed by atoms with van der Waals surface area (Å²) in [6.07, 6.45) is 2.06. The largest absolute Gasteiger partial charge is 0.477 e. The molecule has 1 aromatic heterocycles. The minimum absolute atomic E-state index is 0.186. The summed E-state index contributed by atoms with van der Waals surface area (Å²) < 4.78 is 0. The van der Waals surface area contributed by atoms with E-state index in [2.05, 4.69) is 19.2 Å². The van der Waals surface area contributed by atoms with Crippen LogP contribution < -0.4 is 5.32 Å². The monoisotopic (exact) mass is 255 g/mol.